The molecule has 1 heterocycles. The minimum atomic E-state index is -0.759. The number of β-lactam (4-membered cyclic amide) rings is 1. The Bertz CT molecular complexity index is 577. The van der Waals surface area contributed by atoms with E-state index in [2.05, 4.69) is 45.6 Å². The minimum Gasteiger partial charge on any atom is -0.359 e. The number of hydrogen-bond acceptors (Lipinski definition) is 3. The first kappa shape index (κ1) is 18.1. The molecule has 4 nitrogen and oxygen atoms in total. The Morgan fingerprint density at radius 1 is 1.35 bits per heavy atom. The van der Waals surface area contributed by atoms with Gasteiger partial charge < -0.3 is 9.88 Å². The Labute approximate surface area is 146 Å². The molecule has 23 heavy (non-hydrogen) atoms. The van der Waals surface area contributed by atoms with E-state index in [1.54, 1.807) is 0 Å². The summed E-state index contributed by atoms with van der Waals surface area (Å²) in [6, 6.07) is 9.06. The molecule has 0 bridgehead atoms. The van der Waals surface area contributed by atoms with Crippen LogP contribution in [0.5, 0.6) is 0 Å². The predicted octanol–water partition coefficient (Wildman–Crippen LogP) is 1.75. The van der Waals surface area contributed by atoms with Crippen LogP contribution in [-0.2, 0) is 16.0 Å². The molecule has 1 saturated heterocycles. The molecular formula is C17H26N2O2SSi. The normalized spacial score (nSPS) is 21.8. The van der Waals surface area contributed by atoms with Crippen LogP contribution in [0.3, 0.4) is 0 Å². The van der Waals surface area contributed by atoms with Gasteiger partial charge in [-0.15, -0.1) is 0 Å². The number of carbonyl (C=O) groups excluding carboxylic acids is 2. The molecule has 0 radical (unpaired) electrons. The van der Waals surface area contributed by atoms with Gasteiger partial charge in [0.15, 0.2) is 0 Å². The average molecular weight is 351 g/mol. The lowest BCUT2D eigenvalue weighted by Crippen LogP contribution is -2.70. The second-order valence-electron chi connectivity index (χ2n) is 7.23. The number of benzene rings is 1. The average Bonchev–Trinajstić information content (AvgIpc) is 2.51. The fourth-order valence-corrected chi connectivity index (χ4v) is 5.02. The lowest BCUT2D eigenvalue weighted by Gasteiger charge is -2.48. The van der Waals surface area contributed by atoms with Crippen molar-refractivity contribution in [2.24, 2.45) is 5.92 Å². The van der Waals surface area contributed by atoms with Gasteiger partial charge in [0.2, 0.25) is 11.8 Å². The molecular weight excluding hydrogens is 324 g/mol. The third-order valence-corrected chi connectivity index (χ3v) is 8.39. The minimum absolute atomic E-state index is 0.0202. The van der Waals surface area contributed by atoms with Crippen LogP contribution in [0.4, 0.5) is 0 Å². The molecule has 0 aliphatic carbocycles. The Hall–Kier alpha value is -1.27. The SMILES string of the molecule is CC(C)C(C)(C)[SiH2]N1C(=O)[C@@H](NC(=O)Cc2ccccc2)[C@H]1S. The van der Waals surface area contributed by atoms with Crippen LogP contribution < -0.4 is 5.32 Å². The fraction of sp³-hybridized carbons (Fsp3) is 0.529. The van der Waals surface area contributed by atoms with Crippen molar-refractivity contribution in [2.75, 3.05) is 0 Å². The molecule has 0 spiro atoms. The number of hydrogen-bond donors (Lipinski definition) is 2. The van der Waals surface area contributed by atoms with E-state index in [9.17, 15) is 9.59 Å². The summed E-state index contributed by atoms with van der Waals surface area (Å²) in [7, 11) is -0.759. The number of nitrogens with zero attached hydrogens (tertiary/aromatic N) is 1. The van der Waals surface area contributed by atoms with E-state index in [1.165, 1.54) is 0 Å². The van der Waals surface area contributed by atoms with Gasteiger partial charge in [0.1, 0.15) is 15.7 Å². The van der Waals surface area contributed by atoms with Gasteiger partial charge in [-0.1, -0.05) is 58.0 Å². The van der Waals surface area contributed by atoms with Crippen molar-refractivity contribution < 1.29 is 9.59 Å². The van der Waals surface area contributed by atoms with Crippen molar-refractivity contribution >= 4 is 34.1 Å². The third-order valence-electron chi connectivity index (χ3n) is 4.83. The van der Waals surface area contributed by atoms with Crippen molar-refractivity contribution in [3.8, 4) is 0 Å². The predicted molar refractivity (Wildman–Crippen MR) is 99.1 cm³/mol. The highest BCUT2D eigenvalue weighted by atomic mass is 32.1. The Balaban J connectivity index is 1.89. The molecule has 2 amide bonds. The van der Waals surface area contributed by atoms with E-state index in [0.29, 0.717) is 12.3 Å². The Morgan fingerprint density at radius 2 is 1.96 bits per heavy atom. The lowest BCUT2D eigenvalue weighted by molar-refractivity contribution is -0.142. The van der Waals surface area contributed by atoms with Crippen molar-refractivity contribution in [2.45, 2.75) is 50.6 Å². The fourth-order valence-electron chi connectivity index (χ4n) is 2.47. The van der Waals surface area contributed by atoms with Crippen LogP contribution in [0.25, 0.3) is 0 Å². The first-order valence-electron chi connectivity index (χ1n) is 8.04. The van der Waals surface area contributed by atoms with Crippen LogP contribution in [0.15, 0.2) is 30.3 Å². The summed E-state index contributed by atoms with van der Waals surface area (Å²) >= 11 is 4.54. The molecule has 1 aromatic carbocycles. The molecule has 0 unspecified atom stereocenters. The molecule has 0 aromatic heterocycles. The molecule has 1 N–H and O–H groups in total. The molecule has 1 aliphatic rings. The highest BCUT2D eigenvalue weighted by molar-refractivity contribution is 7.81. The summed E-state index contributed by atoms with van der Waals surface area (Å²) in [5, 5.41) is 2.80. The molecule has 1 fully saturated rings. The lowest BCUT2D eigenvalue weighted by atomic mass is 9.99. The summed E-state index contributed by atoms with van der Waals surface area (Å²) in [6.45, 7) is 8.78. The number of amides is 2. The van der Waals surface area contributed by atoms with Crippen LogP contribution in [0.1, 0.15) is 33.3 Å². The van der Waals surface area contributed by atoms with E-state index in [1.807, 2.05) is 34.9 Å². The number of rotatable bonds is 6. The first-order chi connectivity index (χ1) is 10.7. The third kappa shape index (κ3) is 4.17. The van der Waals surface area contributed by atoms with E-state index in [-0.39, 0.29) is 22.2 Å². The van der Waals surface area contributed by atoms with E-state index >= 15 is 0 Å². The van der Waals surface area contributed by atoms with Gasteiger partial charge in [-0.3, -0.25) is 9.59 Å². The molecule has 2 rings (SSSR count). The second kappa shape index (κ2) is 7.09. The topological polar surface area (TPSA) is 49.4 Å². The van der Waals surface area contributed by atoms with Gasteiger partial charge in [0, 0.05) is 0 Å². The van der Waals surface area contributed by atoms with E-state index in [4.69, 9.17) is 0 Å². The largest absolute Gasteiger partial charge is 0.359 e. The Morgan fingerprint density at radius 3 is 2.48 bits per heavy atom. The standard InChI is InChI=1S/C17H26N2O2SSi/c1-11(2)17(3,4)23-19-15(21)14(16(19)22)18-13(20)10-12-8-6-5-7-9-12/h5-9,11,14,16,22H,10,23H2,1-4H3,(H,18,20)/t14-,16-/m1/s1. The maximum Gasteiger partial charge on any atom is 0.240 e. The molecule has 1 aromatic rings. The van der Waals surface area contributed by atoms with Crippen molar-refractivity contribution in [1.82, 2.24) is 9.88 Å². The monoisotopic (exact) mass is 350 g/mol. The molecule has 6 heteroatoms. The number of thiol groups is 1. The van der Waals surface area contributed by atoms with Gasteiger partial charge in [0.25, 0.3) is 0 Å². The summed E-state index contributed by atoms with van der Waals surface area (Å²) < 4.78 is 1.89. The highest BCUT2D eigenvalue weighted by Crippen LogP contribution is 2.37. The molecule has 126 valence electrons. The van der Waals surface area contributed by atoms with Crippen LogP contribution >= 0.6 is 12.6 Å². The van der Waals surface area contributed by atoms with Crippen molar-refractivity contribution in [3.63, 3.8) is 0 Å². The summed E-state index contributed by atoms with van der Waals surface area (Å²) in [5.41, 5.74) is 0.944. The summed E-state index contributed by atoms with van der Waals surface area (Å²) in [5.74, 6) is 0.416. The van der Waals surface area contributed by atoms with Crippen LogP contribution in [0, 0.1) is 5.92 Å². The van der Waals surface area contributed by atoms with Gasteiger partial charge >= 0.3 is 0 Å². The van der Waals surface area contributed by atoms with Crippen molar-refractivity contribution in [3.05, 3.63) is 35.9 Å². The number of nitrogens with one attached hydrogen (secondary N) is 1. The zero-order valence-corrected chi connectivity index (χ0v) is 16.6. The maximum absolute atomic E-state index is 12.4. The highest BCUT2D eigenvalue weighted by Gasteiger charge is 2.47. The molecule has 1 aliphatic heterocycles. The molecule has 0 saturated carbocycles. The second-order valence-corrected chi connectivity index (χ2v) is 10.6. The van der Waals surface area contributed by atoms with E-state index < -0.39 is 15.7 Å². The van der Waals surface area contributed by atoms with Crippen LogP contribution in [0.2, 0.25) is 5.04 Å². The zero-order chi connectivity index (χ0) is 17.2. The first-order valence-corrected chi connectivity index (χ1v) is 9.90. The van der Waals surface area contributed by atoms with E-state index in [0.717, 1.165) is 5.56 Å². The van der Waals surface area contributed by atoms with Gasteiger partial charge in [-0.05, 0) is 16.5 Å². The smallest absolute Gasteiger partial charge is 0.240 e. The zero-order valence-electron chi connectivity index (χ0n) is 14.2. The summed E-state index contributed by atoms with van der Waals surface area (Å²) in [6.07, 6.45) is 0.292. The van der Waals surface area contributed by atoms with Gasteiger partial charge in [-0.2, -0.15) is 12.6 Å². The Kier molecular flexibility index (Phi) is 5.57. The maximum atomic E-state index is 12.4. The van der Waals surface area contributed by atoms with Crippen molar-refractivity contribution in [1.29, 1.82) is 0 Å². The molecule has 2 atom stereocenters. The van der Waals surface area contributed by atoms with Crippen LogP contribution in [-0.4, -0.2) is 37.5 Å². The number of carbonyl (C=O) groups is 2. The van der Waals surface area contributed by atoms with Gasteiger partial charge in [0.05, 0.1) is 11.8 Å². The van der Waals surface area contributed by atoms with Gasteiger partial charge in [-0.25, -0.2) is 0 Å². The quantitative estimate of drug-likeness (QED) is 0.466. The summed E-state index contributed by atoms with van der Waals surface area (Å²) in [4.78, 5) is 24.5.